The van der Waals surface area contributed by atoms with Gasteiger partial charge in [0, 0.05) is 12.8 Å². The second-order valence-corrected chi connectivity index (χ2v) is 24.9. The average molecular weight is 1160 g/mol. The number of aliphatic hydroxyl groups excluding tert-OH is 5. The standard InChI is InChI=1S/C71H135NO10/c1-3-5-7-9-11-13-15-38-41-45-49-53-57-64(74)63(62-81-71-70(79)69(78)68(77)65(61-73)82-71)72-66(75)58-54-50-46-42-39-35-33-31-29-27-25-23-21-19-17-16-18-20-22-24-26-28-30-32-34-36-40-44-48-52-56-60-80-67(76)59-55-51-47-43-37-14-12-10-8-6-4-2/h18,20,53,57,63-65,68-71,73-74,77-79H,3-17,19,21-52,54-56,58-62H2,1-2H3,(H,72,75)/b20-18-,57-53+. The summed E-state index contributed by atoms with van der Waals surface area (Å²) in [5, 5.41) is 54.5. The van der Waals surface area contributed by atoms with Gasteiger partial charge < -0.3 is 45.1 Å². The Balaban J connectivity index is 1.95. The van der Waals surface area contributed by atoms with E-state index < -0.39 is 49.5 Å². The van der Waals surface area contributed by atoms with Crippen molar-refractivity contribution in [1.29, 1.82) is 0 Å². The molecule has 7 unspecified atom stereocenters. The second kappa shape index (κ2) is 60.8. The van der Waals surface area contributed by atoms with Crippen molar-refractivity contribution in [2.45, 2.75) is 397 Å². The maximum absolute atomic E-state index is 13.1. The van der Waals surface area contributed by atoms with Crippen LogP contribution in [0.25, 0.3) is 0 Å². The Morgan fingerprint density at radius 3 is 1.17 bits per heavy atom. The van der Waals surface area contributed by atoms with E-state index in [9.17, 15) is 35.1 Å². The minimum atomic E-state index is -1.57. The first-order chi connectivity index (χ1) is 40.2. The van der Waals surface area contributed by atoms with Gasteiger partial charge in [0.1, 0.15) is 24.4 Å². The molecule has 0 saturated carbocycles. The van der Waals surface area contributed by atoms with E-state index in [0.717, 1.165) is 51.4 Å². The summed E-state index contributed by atoms with van der Waals surface area (Å²) in [7, 11) is 0. The summed E-state index contributed by atoms with van der Waals surface area (Å²) < 4.78 is 16.7. The maximum atomic E-state index is 13.1. The van der Waals surface area contributed by atoms with E-state index in [1.165, 1.54) is 276 Å². The van der Waals surface area contributed by atoms with Crippen LogP contribution in [0.2, 0.25) is 0 Å². The van der Waals surface area contributed by atoms with E-state index in [1.807, 2.05) is 6.08 Å². The lowest BCUT2D eigenvalue weighted by molar-refractivity contribution is -0.302. The van der Waals surface area contributed by atoms with Gasteiger partial charge in [0.05, 0.1) is 32.0 Å². The lowest BCUT2D eigenvalue weighted by Gasteiger charge is -2.40. The molecule has 1 aliphatic heterocycles. The molecule has 1 amide bonds. The summed E-state index contributed by atoms with van der Waals surface area (Å²) in [5.41, 5.74) is 0. The highest BCUT2D eigenvalue weighted by Gasteiger charge is 2.44. The number of aliphatic hydroxyl groups is 5. The van der Waals surface area contributed by atoms with Crippen LogP contribution < -0.4 is 5.32 Å². The minimum absolute atomic E-state index is 0.00992. The molecule has 0 radical (unpaired) electrons. The molecule has 1 heterocycles. The van der Waals surface area contributed by atoms with Crippen LogP contribution in [0.1, 0.15) is 354 Å². The molecule has 0 aliphatic carbocycles. The van der Waals surface area contributed by atoms with Gasteiger partial charge in [0.15, 0.2) is 6.29 Å². The molecule has 1 saturated heterocycles. The van der Waals surface area contributed by atoms with Crippen LogP contribution in [-0.2, 0) is 23.8 Å². The molecule has 484 valence electrons. The number of unbranched alkanes of at least 4 members (excludes halogenated alkanes) is 47. The van der Waals surface area contributed by atoms with Crippen LogP contribution >= 0.6 is 0 Å². The van der Waals surface area contributed by atoms with Gasteiger partial charge in [-0.15, -0.1) is 0 Å². The first-order valence-corrected chi connectivity index (χ1v) is 35.6. The van der Waals surface area contributed by atoms with Gasteiger partial charge in [0.25, 0.3) is 0 Å². The van der Waals surface area contributed by atoms with E-state index in [4.69, 9.17) is 14.2 Å². The Morgan fingerprint density at radius 2 is 0.780 bits per heavy atom. The highest BCUT2D eigenvalue weighted by Crippen LogP contribution is 2.23. The molecule has 0 spiro atoms. The zero-order valence-corrected chi connectivity index (χ0v) is 53.7. The summed E-state index contributed by atoms with van der Waals surface area (Å²) in [5.74, 6) is -0.168. The number of amides is 1. The molecule has 1 fully saturated rings. The number of carbonyl (C=O) groups excluding carboxylic acids is 2. The molecule has 1 rings (SSSR count). The number of esters is 1. The minimum Gasteiger partial charge on any atom is -0.466 e. The molecule has 11 nitrogen and oxygen atoms in total. The third-order valence-electron chi connectivity index (χ3n) is 17.1. The zero-order valence-electron chi connectivity index (χ0n) is 53.7. The summed E-state index contributed by atoms with van der Waals surface area (Å²) in [4.78, 5) is 25.1. The fourth-order valence-corrected chi connectivity index (χ4v) is 11.4. The molecular weight excluding hydrogens is 1030 g/mol. The molecule has 11 heteroatoms. The molecule has 7 atom stereocenters. The van der Waals surface area contributed by atoms with E-state index in [1.54, 1.807) is 6.08 Å². The Bertz CT molecular complexity index is 1410. The van der Waals surface area contributed by atoms with Crippen LogP contribution in [0.5, 0.6) is 0 Å². The molecular formula is C71H135NO10. The van der Waals surface area contributed by atoms with Gasteiger partial charge in [-0.1, -0.05) is 308 Å². The van der Waals surface area contributed by atoms with Crippen molar-refractivity contribution in [3.8, 4) is 0 Å². The highest BCUT2D eigenvalue weighted by molar-refractivity contribution is 5.76. The van der Waals surface area contributed by atoms with Crippen LogP contribution in [0.3, 0.4) is 0 Å². The quantitative estimate of drug-likeness (QED) is 0.0195. The number of hydrogen-bond donors (Lipinski definition) is 6. The molecule has 0 aromatic rings. The van der Waals surface area contributed by atoms with Crippen molar-refractivity contribution in [2.24, 2.45) is 0 Å². The van der Waals surface area contributed by atoms with Crippen molar-refractivity contribution >= 4 is 11.9 Å². The van der Waals surface area contributed by atoms with Crippen molar-refractivity contribution < 1.29 is 49.3 Å². The largest absolute Gasteiger partial charge is 0.466 e. The number of hydrogen-bond acceptors (Lipinski definition) is 10. The highest BCUT2D eigenvalue weighted by atomic mass is 16.7. The second-order valence-electron chi connectivity index (χ2n) is 24.9. The first kappa shape index (κ1) is 78.2. The smallest absolute Gasteiger partial charge is 0.305 e. The number of nitrogens with one attached hydrogen (secondary N) is 1. The molecule has 6 N–H and O–H groups in total. The summed E-state index contributed by atoms with van der Waals surface area (Å²) >= 11 is 0. The van der Waals surface area contributed by atoms with Gasteiger partial charge in [-0.05, 0) is 57.8 Å². The maximum Gasteiger partial charge on any atom is 0.305 e. The zero-order chi connectivity index (χ0) is 59.5. The van der Waals surface area contributed by atoms with E-state index in [2.05, 4.69) is 31.3 Å². The molecule has 0 bridgehead atoms. The van der Waals surface area contributed by atoms with Crippen LogP contribution in [0.4, 0.5) is 0 Å². The normalized spacial score (nSPS) is 18.3. The summed E-state index contributed by atoms with van der Waals surface area (Å²) in [6.45, 7) is 4.37. The topological polar surface area (TPSA) is 175 Å². The third-order valence-corrected chi connectivity index (χ3v) is 17.1. The summed E-state index contributed by atoms with van der Waals surface area (Å²) in [6, 6.07) is -0.807. The van der Waals surface area contributed by atoms with Gasteiger partial charge in [-0.3, -0.25) is 9.59 Å². The van der Waals surface area contributed by atoms with Gasteiger partial charge in [-0.2, -0.15) is 0 Å². The lowest BCUT2D eigenvalue weighted by atomic mass is 9.99. The van der Waals surface area contributed by atoms with E-state index >= 15 is 0 Å². The van der Waals surface area contributed by atoms with E-state index in [0.29, 0.717) is 19.4 Å². The lowest BCUT2D eigenvalue weighted by Crippen LogP contribution is -2.60. The van der Waals surface area contributed by atoms with E-state index in [-0.39, 0.29) is 18.5 Å². The number of allylic oxidation sites excluding steroid dienone is 3. The average Bonchev–Trinajstić information content (AvgIpc) is 3.68. The number of rotatable bonds is 63. The Labute approximate surface area is 505 Å². The SMILES string of the molecule is CCCCCCCCCCCC/C=C/C(O)C(COC1OC(CO)C(O)C(O)C1O)NC(=O)CCCCCCCCCCCCCCCCC/C=C\CCCCCCCCCCCCCCOC(=O)CCCCCCCCCCCCC. The Kier molecular flexibility index (Phi) is 58.0. The molecule has 0 aromatic heterocycles. The number of ether oxygens (including phenoxy) is 3. The van der Waals surface area contributed by atoms with Crippen molar-refractivity contribution in [3.63, 3.8) is 0 Å². The van der Waals surface area contributed by atoms with Crippen LogP contribution in [0, 0.1) is 0 Å². The van der Waals surface area contributed by atoms with Crippen molar-refractivity contribution in [3.05, 3.63) is 24.3 Å². The molecule has 82 heavy (non-hydrogen) atoms. The predicted octanol–water partition coefficient (Wildman–Crippen LogP) is 18.0. The Morgan fingerprint density at radius 1 is 0.439 bits per heavy atom. The van der Waals surface area contributed by atoms with Crippen molar-refractivity contribution in [2.75, 3.05) is 19.8 Å². The fourth-order valence-electron chi connectivity index (χ4n) is 11.4. The van der Waals surface area contributed by atoms with Crippen molar-refractivity contribution in [1.82, 2.24) is 5.32 Å². The molecule has 0 aromatic carbocycles. The number of carbonyl (C=O) groups is 2. The van der Waals surface area contributed by atoms with Crippen LogP contribution in [-0.4, -0.2) is 100 Å². The predicted molar refractivity (Wildman–Crippen MR) is 343 cm³/mol. The monoisotopic (exact) mass is 1160 g/mol. The fraction of sp³-hybridized carbons (Fsp3) is 0.915. The Hall–Kier alpha value is -1.86. The van der Waals surface area contributed by atoms with Gasteiger partial charge in [-0.25, -0.2) is 0 Å². The van der Waals surface area contributed by atoms with Crippen LogP contribution in [0.15, 0.2) is 24.3 Å². The third kappa shape index (κ3) is 49.3. The first-order valence-electron chi connectivity index (χ1n) is 35.6. The molecule has 1 aliphatic rings. The summed E-state index contributed by atoms with van der Waals surface area (Å²) in [6.07, 6.45) is 66.0. The van der Waals surface area contributed by atoms with Gasteiger partial charge in [0.2, 0.25) is 5.91 Å². The van der Waals surface area contributed by atoms with Gasteiger partial charge >= 0.3 is 5.97 Å².